The van der Waals surface area contributed by atoms with Crippen molar-refractivity contribution in [2.24, 2.45) is 0 Å². The summed E-state index contributed by atoms with van der Waals surface area (Å²) in [5.41, 5.74) is 5.31. The second kappa shape index (κ2) is 8.99. The molecule has 2 aromatic heterocycles. The van der Waals surface area contributed by atoms with Crippen LogP contribution in [0.5, 0.6) is 6.01 Å². The van der Waals surface area contributed by atoms with E-state index in [-0.39, 0.29) is 45.1 Å². The first-order valence-corrected chi connectivity index (χ1v) is 11.5. The van der Waals surface area contributed by atoms with E-state index in [2.05, 4.69) is 21.5 Å². The molecule has 0 unspecified atom stereocenters. The highest BCUT2D eigenvalue weighted by atomic mass is 35.5. The number of benzene rings is 1. The van der Waals surface area contributed by atoms with Gasteiger partial charge in [-0.2, -0.15) is 9.97 Å². The van der Waals surface area contributed by atoms with Crippen LogP contribution in [-0.2, 0) is 9.53 Å². The maximum absolute atomic E-state index is 15.8. The van der Waals surface area contributed by atoms with Gasteiger partial charge in [0.05, 0.1) is 36.4 Å². The van der Waals surface area contributed by atoms with Gasteiger partial charge in [0.2, 0.25) is 5.91 Å². The van der Waals surface area contributed by atoms with Gasteiger partial charge in [0, 0.05) is 37.1 Å². The van der Waals surface area contributed by atoms with Gasteiger partial charge in [-0.05, 0) is 18.2 Å². The van der Waals surface area contributed by atoms with E-state index in [9.17, 15) is 4.79 Å². The summed E-state index contributed by atoms with van der Waals surface area (Å²) < 4.78 is 26.6. The van der Waals surface area contributed by atoms with Crippen molar-refractivity contribution in [3.05, 3.63) is 59.1 Å². The van der Waals surface area contributed by atoms with Gasteiger partial charge in [0.1, 0.15) is 22.6 Å². The zero-order valence-corrected chi connectivity index (χ0v) is 20.2. The van der Waals surface area contributed by atoms with Crippen LogP contribution in [0.2, 0.25) is 5.02 Å². The Labute approximate surface area is 211 Å². The lowest BCUT2D eigenvalue weighted by atomic mass is 9.91. The number of fused-ring (bicyclic) bond motifs is 1. The molecule has 4 heterocycles. The first-order valence-electron chi connectivity index (χ1n) is 11.1. The van der Waals surface area contributed by atoms with Gasteiger partial charge >= 0.3 is 6.01 Å². The molecule has 1 aromatic carbocycles. The van der Waals surface area contributed by atoms with Gasteiger partial charge in [-0.15, -0.1) is 0 Å². The molecule has 0 bridgehead atoms. The minimum Gasteiger partial charge on any atom is -0.467 e. The van der Waals surface area contributed by atoms with Gasteiger partial charge in [-0.25, -0.2) is 4.39 Å². The third-order valence-electron chi connectivity index (χ3n) is 6.49. The number of aromatic nitrogens is 3. The van der Waals surface area contributed by atoms with Crippen molar-refractivity contribution >= 4 is 45.6 Å². The van der Waals surface area contributed by atoms with Crippen LogP contribution in [0.4, 0.5) is 15.9 Å². The number of hydrogen-bond acceptors (Lipinski definition) is 9. The number of anilines is 2. The number of halogens is 2. The number of rotatable bonds is 5. The van der Waals surface area contributed by atoms with E-state index in [4.69, 9.17) is 32.2 Å². The highest BCUT2D eigenvalue weighted by molar-refractivity contribution is 6.36. The Morgan fingerprint density at radius 1 is 1.36 bits per heavy atom. The summed E-state index contributed by atoms with van der Waals surface area (Å²) in [4.78, 5) is 29.1. The van der Waals surface area contributed by atoms with Crippen molar-refractivity contribution in [1.29, 1.82) is 5.41 Å². The highest BCUT2D eigenvalue weighted by Crippen LogP contribution is 2.36. The molecular formula is C24H23ClFN7O3. The normalized spacial score (nSPS) is 16.6. The van der Waals surface area contributed by atoms with Gasteiger partial charge in [0.25, 0.3) is 0 Å². The quantitative estimate of drug-likeness (QED) is 0.303. The van der Waals surface area contributed by atoms with E-state index < -0.39 is 11.4 Å². The summed E-state index contributed by atoms with van der Waals surface area (Å²) in [5, 5.41) is 9.12. The van der Waals surface area contributed by atoms with Crippen LogP contribution in [0.1, 0.15) is 11.3 Å². The Morgan fingerprint density at radius 3 is 2.78 bits per heavy atom. The molecule has 5 rings (SSSR count). The number of nitrogen functional groups attached to an aromatic ring is 1. The lowest BCUT2D eigenvalue weighted by Gasteiger charge is -2.55. The summed E-state index contributed by atoms with van der Waals surface area (Å²) >= 11 is 6.24. The zero-order valence-electron chi connectivity index (χ0n) is 19.4. The number of ether oxygens (including phenoxy) is 2. The van der Waals surface area contributed by atoms with E-state index in [1.54, 1.807) is 23.1 Å². The fraction of sp³-hybridized carbons (Fsp3) is 0.292. The molecule has 186 valence electrons. The number of carbonyl (C=O) groups is 1. The number of nitrogens with two attached hydrogens (primary N) is 1. The number of nitrogens with zero attached hydrogens (tertiary/aromatic N) is 5. The highest BCUT2D eigenvalue weighted by Gasteiger charge is 2.50. The predicted octanol–water partition coefficient (Wildman–Crippen LogP) is 2.43. The molecule has 2 fully saturated rings. The van der Waals surface area contributed by atoms with Crippen LogP contribution in [0.3, 0.4) is 0 Å². The molecule has 1 spiro atoms. The van der Waals surface area contributed by atoms with Gasteiger partial charge in [-0.3, -0.25) is 15.2 Å². The molecule has 12 heteroatoms. The predicted molar refractivity (Wildman–Crippen MR) is 133 cm³/mol. The molecular weight excluding hydrogens is 489 g/mol. The van der Waals surface area contributed by atoms with Crippen LogP contribution in [0.25, 0.3) is 10.9 Å². The monoisotopic (exact) mass is 511 g/mol. The maximum Gasteiger partial charge on any atom is 0.318 e. The lowest BCUT2D eigenvalue weighted by molar-refractivity contribution is -0.164. The molecule has 0 aliphatic carbocycles. The van der Waals surface area contributed by atoms with E-state index in [0.29, 0.717) is 44.1 Å². The zero-order chi connectivity index (χ0) is 25.6. The number of amides is 1. The van der Waals surface area contributed by atoms with Crippen LogP contribution < -0.4 is 15.4 Å². The molecule has 0 saturated carbocycles. The average Bonchev–Trinajstić information content (AvgIpc) is 2.86. The molecule has 2 saturated heterocycles. The van der Waals surface area contributed by atoms with Crippen molar-refractivity contribution in [3.8, 4) is 6.01 Å². The van der Waals surface area contributed by atoms with Crippen molar-refractivity contribution < 1.29 is 18.7 Å². The number of nitrogens with one attached hydrogen (secondary N) is 1. The molecule has 10 nitrogen and oxygen atoms in total. The Hall–Kier alpha value is -3.83. The van der Waals surface area contributed by atoms with Crippen LogP contribution in [0, 0.1) is 11.2 Å². The van der Waals surface area contributed by atoms with Crippen LogP contribution in [0.15, 0.2) is 37.1 Å². The van der Waals surface area contributed by atoms with E-state index in [0.717, 1.165) is 0 Å². The van der Waals surface area contributed by atoms with Crippen molar-refractivity contribution in [1.82, 2.24) is 19.9 Å². The SMILES string of the molecule is C=CC(=O)N1CCN(c2nc(OC)nc3c(F)c(C(=N)c4c(N)cccc4Cl)ncc23)CC12COC2. The molecule has 2 aliphatic rings. The third kappa shape index (κ3) is 3.71. The second-order valence-corrected chi connectivity index (χ2v) is 9.04. The summed E-state index contributed by atoms with van der Waals surface area (Å²) in [7, 11) is 1.39. The summed E-state index contributed by atoms with van der Waals surface area (Å²) in [6.45, 7) is 5.60. The molecule has 0 atom stereocenters. The summed E-state index contributed by atoms with van der Waals surface area (Å²) in [6, 6.07) is 4.75. The molecule has 3 aromatic rings. The van der Waals surface area contributed by atoms with Gasteiger partial charge in [0.15, 0.2) is 5.82 Å². The maximum atomic E-state index is 15.8. The topological polar surface area (TPSA) is 131 Å². The first kappa shape index (κ1) is 23.9. The lowest BCUT2D eigenvalue weighted by Crippen LogP contribution is -2.72. The second-order valence-electron chi connectivity index (χ2n) is 8.63. The fourth-order valence-corrected chi connectivity index (χ4v) is 4.92. The first-order chi connectivity index (χ1) is 17.3. The largest absolute Gasteiger partial charge is 0.467 e. The van der Waals surface area contributed by atoms with E-state index in [1.165, 1.54) is 19.4 Å². The minimum absolute atomic E-state index is 0.0409. The number of carbonyl (C=O) groups excluding carboxylic acids is 1. The molecule has 36 heavy (non-hydrogen) atoms. The van der Waals surface area contributed by atoms with Gasteiger partial charge < -0.3 is 25.0 Å². The Kier molecular flexibility index (Phi) is 5.97. The number of hydrogen-bond donors (Lipinski definition) is 2. The summed E-state index contributed by atoms with van der Waals surface area (Å²) in [6.07, 6.45) is 2.72. The van der Waals surface area contributed by atoms with Crippen LogP contribution in [-0.4, -0.2) is 77.0 Å². The standard InChI is InChI=1S/C24H23ClFN7O3/c1-3-16(34)33-8-7-32(10-24(33)11-36-12-24)22-13-9-29-21(18(26)20(13)30-23(31-22)35-2)19(28)17-14(25)5-4-6-15(17)27/h3-6,9,28H,1,7-8,10-12,27H2,2H3. The molecule has 1 amide bonds. The fourth-order valence-electron chi connectivity index (χ4n) is 4.65. The minimum atomic E-state index is -0.819. The number of piperazine rings is 1. The molecule has 2 aliphatic heterocycles. The smallest absolute Gasteiger partial charge is 0.318 e. The number of pyridine rings is 1. The van der Waals surface area contributed by atoms with Crippen molar-refractivity contribution in [2.45, 2.75) is 5.54 Å². The third-order valence-corrected chi connectivity index (χ3v) is 6.81. The Bertz CT molecular complexity index is 1390. The van der Waals surface area contributed by atoms with Gasteiger partial charge in [-0.1, -0.05) is 24.2 Å². The van der Waals surface area contributed by atoms with Crippen molar-refractivity contribution in [3.63, 3.8) is 0 Å². The Morgan fingerprint density at radius 2 is 2.14 bits per heavy atom. The average molecular weight is 512 g/mol. The number of methoxy groups -OCH3 is 1. The molecule has 3 N–H and O–H groups in total. The van der Waals surface area contributed by atoms with Crippen molar-refractivity contribution in [2.75, 3.05) is 50.6 Å². The van der Waals surface area contributed by atoms with E-state index >= 15 is 4.39 Å². The van der Waals surface area contributed by atoms with E-state index in [1.807, 2.05) is 4.90 Å². The molecule has 0 radical (unpaired) electrons. The van der Waals surface area contributed by atoms with Crippen LogP contribution >= 0.6 is 11.6 Å². The summed E-state index contributed by atoms with van der Waals surface area (Å²) in [5.74, 6) is -0.575. The Balaban J connectivity index is 1.59.